The molecule has 5 nitrogen and oxygen atoms in total. The number of carbonyl (C=O) groups is 2. The average molecular weight is 458 g/mol. The maximum absolute atomic E-state index is 13.5. The van der Waals surface area contributed by atoms with Crippen LogP contribution < -0.4 is 16.0 Å². The third-order valence-electron chi connectivity index (χ3n) is 5.52. The van der Waals surface area contributed by atoms with Crippen molar-refractivity contribution < 1.29 is 9.59 Å². The first-order valence-electron chi connectivity index (χ1n) is 10.6. The standard InChI is InChI=1S/C27H24ClN3O2/c1-17-23(26(32)30-21-9-5-3-6-10-21)25(19-13-15-20(28)16-14-19)24(18(2)29-17)27(33)31-22-11-7-4-8-12-22/h3-16,25,29H,1-2H3,(H,30,32)(H,31,33). The Labute approximate surface area is 198 Å². The summed E-state index contributed by atoms with van der Waals surface area (Å²) in [6.45, 7) is 3.69. The van der Waals surface area contributed by atoms with Gasteiger partial charge in [0.2, 0.25) is 0 Å². The fourth-order valence-electron chi connectivity index (χ4n) is 4.02. The fourth-order valence-corrected chi connectivity index (χ4v) is 4.15. The van der Waals surface area contributed by atoms with Gasteiger partial charge in [0.15, 0.2) is 0 Å². The Balaban J connectivity index is 1.76. The van der Waals surface area contributed by atoms with Gasteiger partial charge >= 0.3 is 0 Å². The van der Waals surface area contributed by atoms with Gasteiger partial charge in [-0.15, -0.1) is 0 Å². The number of nitrogens with one attached hydrogen (secondary N) is 3. The summed E-state index contributed by atoms with van der Waals surface area (Å²) in [5.74, 6) is -1.12. The summed E-state index contributed by atoms with van der Waals surface area (Å²) >= 11 is 6.13. The van der Waals surface area contributed by atoms with E-state index in [1.54, 1.807) is 12.1 Å². The number of rotatable bonds is 5. The van der Waals surface area contributed by atoms with Crippen LogP contribution in [0.25, 0.3) is 0 Å². The van der Waals surface area contributed by atoms with Crippen LogP contribution in [0.1, 0.15) is 25.3 Å². The highest BCUT2D eigenvalue weighted by Gasteiger charge is 2.36. The lowest BCUT2D eigenvalue weighted by Crippen LogP contribution is -2.35. The smallest absolute Gasteiger partial charge is 0.254 e. The zero-order chi connectivity index (χ0) is 23.4. The summed E-state index contributed by atoms with van der Waals surface area (Å²) in [6, 6.07) is 25.7. The van der Waals surface area contributed by atoms with Gasteiger partial charge in [0.25, 0.3) is 11.8 Å². The Hall–Kier alpha value is -3.83. The van der Waals surface area contributed by atoms with Crippen LogP contribution in [0.5, 0.6) is 0 Å². The minimum Gasteiger partial charge on any atom is -0.362 e. The van der Waals surface area contributed by atoms with E-state index >= 15 is 0 Å². The van der Waals surface area contributed by atoms with E-state index in [0.717, 1.165) is 5.56 Å². The second kappa shape index (κ2) is 9.76. The third kappa shape index (κ3) is 4.99. The molecule has 0 bridgehead atoms. The van der Waals surface area contributed by atoms with Crippen LogP contribution in [0.3, 0.4) is 0 Å². The molecule has 2 amide bonds. The number of dihydropyridines is 1. The molecule has 0 aliphatic carbocycles. The van der Waals surface area contributed by atoms with Crippen molar-refractivity contribution in [2.45, 2.75) is 19.8 Å². The molecule has 0 unspecified atom stereocenters. The van der Waals surface area contributed by atoms with Crippen molar-refractivity contribution in [2.24, 2.45) is 0 Å². The fraction of sp³-hybridized carbons (Fsp3) is 0.111. The van der Waals surface area contributed by atoms with Crippen molar-refractivity contribution in [3.63, 3.8) is 0 Å². The Bertz CT molecular complexity index is 1160. The van der Waals surface area contributed by atoms with E-state index in [1.807, 2.05) is 86.6 Å². The van der Waals surface area contributed by atoms with Gasteiger partial charge in [0, 0.05) is 44.9 Å². The van der Waals surface area contributed by atoms with Gasteiger partial charge in [0.1, 0.15) is 0 Å². The number of benzene rings is 3. The van der Waals surface area contributed by atoms with Crippen LogP contribution in [0.4, 0.5) is 11.4 Å². The Morgan fingerprint density at radius 1 is 0.697 bits per heavy atom. The van der Waals surface area contributed by atoms with Gasteiger partial charge in [0.05, 0.1) is 0 Å². The molecular weight excluding hydrogens is 434 g/mol. The molecule has 166 valence electrons. The van der Waals surface area contributed by atoms with Crippen molar-refractivity contribution in [3.8, 4) is 0 Å². The number of amides is 2. The number of carbonyl (C=O) groups excluding carboxylic acids is 2. The molecule has 3 N–H and O–H groups in total. The number of para-hydroxylation sites is 2. The first kappa shape index (κ1) is 22.4. The van der Waals surface area contributed by atoms with Gasteiger partial charge in [-0.2, -0.15) is 0 Å². The Kier molecular flexibility index (Phi) is 6.61. The largest absolute Gasteiger partial charge is 0.362 e. The summed E-state index contributed by atoms with van der Waals surface area (Å²) < 4.78 is 0. The Morgan fingerprint density at radius 3 is 1.55 bits per heavy atom. The van der Waals surface area contributed by atoms with Gasteiger partial charge in [-0.05, 0) is 55.8 Å². The molecule has 3 aromatic carbocycles. The molecular formula is C27H24ClN3O2. The molecule has 0 spiro atoms. The minimum absolute atomic E-state index is 0.274. The average Bonchev–Trinajstić information content (AvgIpc) is 2.80. The monoisotopic (exact) mass is 457 g/mol. The summed E-state index contributed by atoms with van der Waals surface area (Å²) in [7, 11) is 0. The Morgan fingerprint density at radius 2 is 1.12 bits per heavy atom. The molecule has 0 radical (unpaired) electrons. The van der Waals surface area contributed by atoms with Gasteiger partial charge in [-0.3, -0.25) is 9.59 Å². The molecule has 0 saturated carbocycles. The minimum atomic E-state index is -0.573. The van der Waals surface area contributed by atoms with Crippen LogP contribution in [0.15, 0.2) is 107 Å². The van der Waals surface area contributed by atoms with Crippen LogP contribution >= 0.6 is 11.6 Å². The molecule has 6 heteroatoms. The van der Waals surface area contributed by atoms with E-state index in [9.17, 15) is 9.59 Å². The van der Waals surface area contributed by atoms with E-state index in [-0.39, 0.29) is 11.8 Å². The maximum atomic E-state index is 13.5. The molecule has 3 aromatic rings. The molecule has 0 atom stereocenters. The predicted molar refractivity (Wildman–Crippen MR) is 133 cm³/mol. The first-order chi connectivity index (χ1) is 15.9. The maximum Gasteiger partial charge on any atom is 0.254 e. The lowest BCUT2D eigenvalue weighted by atomic mass is 9.79. The summed E-state index contributed by atoms with van der Waals surface area (Å²) in [6.07, 6.45) is 0. The topological polar surface area (TPSA) is 70.2 Å². The zero-order valence-electron chi connectivity index (χ0n) is 18.4. The van der Waals surface area contributed by atoms with E-state index in [4.69, 9.17) is 11.6 Å². The lowest BCUT2D eigenvalue weighted by Gasteiger charge is -2.31. The molecule has 0 saturated heterocycles. The van der Waals surface area contributed by atoms with E-state index in [0.29, 0.717) is 38.9 Å². The number of hydrogen-bond acceptors (Lipinski definition) is 3. The zero-order valence-corrected chi connectivity index (χ0v) is 19.1. The molecule has 33 heavy (non-hydrogen) atoms. The molecule has 1 aliphatic rings. The quantitative estimate of drug-likeness (QED) is 0.450. The van der Waals surface area contributed by atoms with Crippen LogP contribution in [0, 0.1) is 0 Å². The second-order valence-electron chi connectivity index (χ2n) is 7.83. The van der Waals surface area contributed by atoms with Crippen LogP contribution in [-0.4, -0.2) is 11.8 Å². The van der Waals surface area contributed by atoms with Crippen molar-refractivity contribution in [2.75, 3.05) is 10.6 Å². The van der Waals surface area contributed by atoms with Crippen LogP contribution in [0.2, 0.25) is 5.02 Å². The summed E-state index contributed by atoms with van der Waals surface area (Å²) in [5, 5.41) is 9.74. The lowest BCUT2D eigenvalue weighted by molar-refractivity contribution is -0.113. The molecule has 0 aromatic heterocycles. The number of allylic oxidation sites excluding steroid dienone is 2. The number of anilines is 2. The van der Waals surface area contributed by atoms with Gasteiger partial charge in [-0.25, -0.2) is 0 Å². The van der Waals surface area contributed by atoms with Crippen LogP contribution in [-0.2, 0) is 9.59 Å². The SMILES string of the molecule is CC1=C(C(=O)Nc2ccccc2)C(c2ccc(Cl)cc2)C(C(=O)Nc2ccccc2)=C(C)N1. The van der Waals surface area contributed by atoms with Gasteiger partial charge < -0.3 is 16.0 Å². The molecule has 1 heterocycles. The first-order valence-corrected chi connectivity index (χ1v) is 11.0. The number of hydrogen-bond donors (Lipinski definition) is 3. The van der Waals surface area contributed by atoms with Crippen molar-refractivity contribution in [3.05, 3.63) is 118 Å². The van der Waals surface area contributed by atoms with Crippen molar-refractivity contribution in [1.82, 2.24) is 5.32 Å². The molecule has 0 fully saturated rings. The predicted octanol–water partition coefficient (Wildman–Crippen LogP) is 5.85. The van der Waals surface area contributed by atoms with Gasteiger partial charge in [-0.1, -0.05) is 60.1 Å². The summed E-state index contributed by atoms with van der Waals surface area (Å²) in [4.78, 5) is 26.9. The van der Waals surface area contributed by atoms with E-state index in [2.05, 4.69) is 16.0 Å². The highest BCUT2D eigenvalue weighted by Crippen LogP contribution is 2.39. The van der Waals surface area contributed by atoms with E-state index in [1.165, 1.54) is 0 Å². The van der Waals surface area contributed by atoms with Crippen molar-refractivity contribution >= 4 is 34.8 Å². The van der Waals surface area contributed by atoms with Crippen molar-refractivity contribution in [1.29, 1.82) is 0 Å². The highest BCUT2D eigenvalue weighted by atomic mass is 35.5. The van der Waals surface area contributed by atoms with E-state index < -0.39 is 5.92 Å². The highest BCUT2D eigenvalue weighted by molar-refractivity contribution is 6.30. The molecule has 4 rings (SSSR count). The summed E-state index contributed by atoms with van der Waals surface area (Å²) in [5.41, 5.74) is 4.50. The second-order valence-corrected chi connectivity index (χ2v) is 8.26. The normalized spacial score (nSPS) is 14.0. The molecule has 1 aliphatic heterocycles. The third-order valence-corrected chi connectivity index (χ3v) is 5.77. The number of halogens is 1.